The van der Waals surface area contributed by atoms with Gasteiger partial charge in [0.15, 0.2) is 5.92 Å². The number of aryl methyl sites for hydroxylation is 1. The van der Waals surface area contributed by atoms with Crippen LogP contribution in [0.3, 0.4) is 0 Å². The van der Waals surface area contributed by atoms with Gasteiger partial charge in [-0.2, -0.15) is 5.26 Å². The molecule has 1 aromatic rings. The summed E-state index contributed by atoms with van der Waals surface area (Å²) >= 11 is 0. The third-order valence-corrected chi connectivity index (χ3v) is 2.82. The van der Waals surface area contributed by atoms with Gasteiger partial charge in [-0.25, -0.2) is 4.98 Å². The predicted octanol–water partition coefficient (Wildman–Crippen LogP) is 1.82. The fourth-order valence-corrected chi connectivity index (χ4v) is 1.77. The summed E-state index contributed by atoms with van der Waals surface area (Å²) < 4.78 is 1.82. The van der Waals surface area contributed by atoms with E-state index in [1.807, 2.05) is 17.6 Å². The van der Waals surface area contributed by atoms with Crippen LogP contribution in [0, 0.1) is 11.3 Å². The molecule has 1 heterocycles. The average molecular weight is 248 g/mol. The zero-order valence-corrected chi connectivity index (χ0v) is 11.0. The van der Waals surface area contributed by atoms with Gasteiger partial charge < -0.3 is 9.88 Å². The maximum Gasteiger partial charge on any atom is 0.245 e. The van der Waals surface area contributed by atoms with Crippen LogP contribution in [-0.2, 0) is 11.3 Å². The highest BCUT2D eigenvalue weighted by atomic mass is 16.1. The van der Waals surface area contributed by atoms with Crippen LogP contribution in [0.2, 0.25) is 0 Å². The van der Waals surface area contributed by atoms with Crippen molar-refractivity contribution in [2.24, 2.45) is 0 Å². The number of imidazole rings is 1. The fraction of sp³-hybridized carbons (Fsp3) is 0.615. The van der Waals surface area contributed by atoms with Gasteiger partial charge >= 0.3 is 0 Å². The molecule has 0 aromatic carbocycles. The first-order valence-electron chi connectivity index (χ1n) is 6.42. The number of nitriles is 1. The molecule has 98 valence electrons. The molecule has 1 atom stereocenters. The number of carbonyl (C=O) groups excluding carboxylic acids is 1. The molecule has 18 heavy (non-hydrogen) atoms. The fourth-order valence-electron chi connectivity index (χ4n) is 1.77. The first-order valence-corrected chi connectivity index (χ1v) is 6.42. The second-order valence-electron chi connectivity index (χ2n) is 4.13. The van der Waals surface area contributed by atoms with Gasteiger partial charge in [0.2, 0.25) is 5.91 Å². The Morgan fingerprint density at radius 1 is 1.56 bits per heavy atom. The molecule has 0 radical (unpaired) electrons. The van der Waals surface area contributed by atoms with Crippen molar-refractivity contribution in [3.05, 3.63) is 18.2 Å². The Kier molecular flexibility index (Phi) is 5.92. The maximum absolute atomic E-state index is 11.9. The molecular formula is C13H20N4O. The molecule has 0 unspecified atom stereocenters. The molecule has 0 saturated heterocycles. The monoisotopic (exact) mass is 248 g/mol. The van der Waals surface area contributed by atoms with Gasteiger partial charge in [0.1, 0.15) is 5.82 Å². The molecule has 1 aromatic heterocycles. The minimum atomic E-state index is -0.818. The van der Waals surface area contributed by atoms with Crippen molar-refractivity contribution in [2.45, 2.75) is 45.6 Å². The van der Waals surface area contributed by atoms with E-state index < -0.39 is 5.92 Å². The number of rotatable bonds is 7. The van der Waals surface area contributed by atoms with Gasteiger partial charge in [0.05, 0.1) is 6.07 Å². The molecule has 1 rings (SSSR count). The normalized spacial score (nSPS) is 11.8. The maximum atomic E-state index is 11.9. The number of hydrogen-bond acceptors (Lipinski definition) is 3. The van der Waals surface area contributed by atoms with Gasteiger partial charge in [-0.1, -0.05) is 19.8 Å². The van der Waals surface area contributed by atoms with Crippen LogP contribution in [-0.4, -0.2) is 22.0 Å². The zero-order chi connectivity index (χ0) is 13.4. The van der Waals surface area contributed by atoms with Crippen molar-refractivity contribution in [3.63, 3.8) is 0 Å². The molecule has 0 aliphatic rings. The Bertz CT molecular complexity index is 419. The van der Waals surface area contributed by atoms with Crippen LogP contribution in [0.5, 0.6) is 0 Å². The first-order chi connectivity index (χ1) is 8.74. The summed E-state index contributed by atoms with van der Waals surface area (Å²) in [6.07, 6.45) is 6.54. The van der Waals surface area contributed by atoms with E-state index in [0.29, 0.717) is 18.9 Å². The van der Waals surface area contributed by atoms with E-state index in [1.165, 1.54) is 0 Å². The molecule has 0 saturated carbocycles. The molecule has 0 fully saturated rings. The second-order valence-corrected chi connectivity index (χ2v) is 4.13. The smallest absolute Gasteiger partial charge is 0.245 e. The standard InChI is InChI=1S/C13H20N4O/c1-3-5-6-7-16-13(18)11(10-14)12-15-8-9-17(12)4-2/h8-9,11H,3-7H2,1-2H3,(H,16,18)/t11-/m1/s1. The minimum Gasteiger partial charge on any atom is -0.355 e. The van der Waals surface area contributed by atoms with E-state index in [2.05, 4.69) is 17.2 Å². The van der Waals surface area contributed by atoms with E-state index in [9.17, 15) is 4.79 Å². The zero-order valence-electron chi connectivity index (χ0n) is 11.0. The number of nitrogens with zero attached hydrogens (tertiary/aromatic N) is 3. The average Bonchev–Trinajstić information content (AvgIpc) is 2.84. The molecule has 0 bridgehead atoms. The number of amides is 1. The topological polar surface area (TPSA) is 70.7 Å². The molecule has 0 aliphatic carbocycles. The molecule has 5 nitrogen and oxygen atoms in total. The predicted molar refractivity (Wildman–Crippen MR) is 68.8 cm³/mol. The second kappa shape index (κ2) is 7.49. The molecular weight excluding hydrogens is 228 g/mol. The molecule has 1 amide bonds. The lowest BCUT2D eigenvalue weighted by atomic mass is 10.1. The van der Waals surface area contributed by atoms with Gasteiger partial charge in [-0.3, -0.25) is 4.79 Å². The number of nitrogens with one attached hydrogen (secondary N) is 1. The van der Waals surface area contributed by atoms with Gasteiger partial charge in [0.25, 0.3) is 0 Å². The molecule has 5 heteroatoms. The number of hydrogen-bond donors (Lipinski definition) is 1. The lowest BCUT2D eigenvalue weighted by Gasteiger charge is -2.11. The van der Waals surface area contributed by atoms with E-state index in [4.69, 9.17) is 5.26 Å². The van der Waals surface area contributed by atoms with Crippen molar-refractivity contribution in [1.29, 1.82) is 5.26 Å². The summed E-state index contributed by atoms with van der Waals surface area (Å²) in [5, 5.41) is 11.9. The van der Waals surface area contributed by atoms with Crippen LogP contribution in [0.15, 0.2) is 12.4 Å². The molecule has 0 aliphatic heterocycles. The van der Waals surface area contributed by atoms with Crippen molar-refractivity contribution in [3.8, 4) is 6.07 Å². The lowest BCUT2D eigenvalue weighted by Crippen LogP contribution is -2.31. The van der Waals surface area contributed by atoms with E-state index in [0.717, 1.165) is 19.3 Å². The van der Waals surface area contributed by atoms with Gasteiger partial charge in [0, 0.05) is 25.5 Å². The summed E-state index contributed by atoms with van der Waals surface area (Å²) in [4.78, 5) is 16.0. The Morgan fingerprint density at radius 3 is 2.94 bits per heavy atom. The van der Waals surface area contributed by atoms with Crippen molar-refractivity contribution >= 4 is 5.91 Å². The van der Waals surface area contributed by atoms with Crippen LogP contribution in [0.4, 0.5) is 0 Å². The van der Waals surface area contributed by atoms with Crippen molar-refractivity contribution in [1.82, 2.24) is 14.9 Å². The molecule has 0 spiro atoms. The van der Waals surface area contributed by atoms with Gasteiger partial charge in [-0.05, 0) is 13.3 Å². The third-order valence-electron chi connectivity index (χ3n) is 2.82. The van der Waals surface area contributed by atoms with Gasteiger partial charge in [-0.15, -0.1) is 0 Å². The number of unbranched alkanes of at least 4 members (excludes halogenated alkanes) is 2. The summed E-state index contributed by atoms with van der Waals surface area (Å²) in [7, 11) is 0. The van der Waals surface area contributed by atoms with Crippen molar-refractivity contribution in [2.75, 3.05) is 6.54 Å². The third kappa shape index (κ3) is 3.59. The number of aromatic nitrogens is 2. The highest BCUT2D eigenvalue weighted by Gasteiger charge is 2.23. The van der Waals surface area contributed by atoms with E-state index >= 15 is 0 Å². The highest BCUT2D eigenvalue weighted by molar-refractivity contribution is 5.85. The van der Waals surface area contributed by atoms with Crippen LogP contribution >= 0.6 is 0 Å². The summed E-state index contributed by atoms with van der Waals surface area (Å²) in [5.74, 6) is -0.552. The SMILES string of the molecule is CCCCCNC(=O)[C@H](C#N)c1nccn1CC. The first kappa shape index (κ1) is 14.2. The highest BCUT2D eigenvalue weighted by Crippen LogP contribution is 2.13. The van der Waals surface area contributed by atoms with Crippen LogP contribution in [0.1, 0.15) is 44.9 Å². The Morgan fingerprint density at radius 2 is 2.33 bits per heavy atom. The Balaban J connectivity index is 2.61. The van der Waals surface area contributed by atoms with Crippen LogP contribution < -0.4 is 5.32 Å². The minimum absolute atomic E-state index is 0.255. The molecule has 1 N–H and O–H groups in total. The Labute approximate surface area is 108 Å². The van der Waals surface area contributed by atoms with E-state index in [-0.39, 0.29) is 5.91 Å². The summed E-state index contributed by atoms with van der Waals surface area (Å²) in [6, 6.07) is 2.02. The summed E-state index contributed by atoms with van der Waals surface area (Å²) in [5.41, 5.74) is 0. The Hall–Kier alpha value is -1.83. The quantitative estimate of drug-likeness (QED) is 0.748. The largest absolute Gasteiger partial charge is 0.355 e. The van der Waals surface area contributed by atoms with Crippen molar-refractivity contribution < 1.29 is 4.79 Å². The van der Waals surface area contributed by atoms with Crippen LogP contribution in [0.25, 0.3) is 0 Å². The summed E-state index contributed by atoms with van der Waals surface area (Å²) in [6.45, 7) is 5.39. The van der Waals surface area contributed by atoms with E-state index in [1.54, 1.807) is 12.4 Å². The lowest BCUT2D eigenvalue weighted by molar-refractivity contribution is -0.121. The number of carbonyl (C=O) groups is 1.